The van der Waals surface area contributed by atoms with Crippen LogP contribution in [0.2, 0.25) is 0 Å². The summed E-state index contributed by atoms with van der Waals surface area (Å²) in [6, 6.07) is 5.93. The summed E-state index contributed by atoms with van der Waals surface area (Å²) in [7, 11) is 0. The number of aromatic nitrogens is 6. The van der Waals surface area contributed by atoms with Crippen molar-refractivity contribution in [1.29, 1.82) is 0 Å². The molecule has 138 valence electrons. The smallest absolute Gasteiger partial charge is 0.313 e. The van der Waals surface area contributed by atoms with Crippen molar-refractivity contribution in [2.45, 2.75) is 27.2 Å². The molecule has 3 heterocycles. The van der Waals surface area contributed by atoms with Gasteiger partial charge in [0, 0.05) is 5.69 Å². The number of esters is 1. The van der Waals surface area contributed by atoms with Gasteiger partial charge in [-0.1, -0.05) is 12.1 Å². The fraction of sp³-hybridized carbons (Fsp3) is 0.294. The van der Waals surface area contributed by atoms with Crippen molar-refractivity contribution in [2.75, 3.05) is 11.9 Å². The van der Waals surface area contributed by atoms with Crippen LogP contribution in [-0.2, 0) is 16.0 Å². The second-order valence-electron chi connectivity index (χ2n) is 6.00. The minimum atomic E-state index is -0.405. The highest BCUT2D eigenvalue weighted by Gasteiger charge is 2.21. The minimum absolute atomic E-state index is 0.0517. The highest BCUT2D eigenvalue weighted by atomic mass is 16.6. The summed E-state index contributed by atoms with van der Waals surface area (Å²) < 4.78 is 11.4. The standard InChI is InChI=1S/C17H17N7O3/c1-4-26-13(25)8-12-20-21-16-14(18-11-7-5-6-9(2)10(11)3)19-15-17(24(12)16)23-27-22-15/h5-7H,4,8H2,1-3H3,(H,18,19,22). The van der Waals surface area contributed by atoms with Gasteiger partial charge in [0.2, 0.25) is 16.9 Å². The molecule has 0 atom stereocenters. The van der Waals surface area contributed by atoms with Gasteiger partial charge in [0.05, 0.1) is 6.61 Å². The summed E-state index contributed by atoms with van der Waals surface area (Å²) >= 11 is 0. The lowest BCUT2D eigenvalue weighted by atomic mass is 10.1. The fourth-order valence-corrected chi connectivity index (χ4v) is 2.79. The number of nitrogens with zero attached hydrogens (tertiary/aromatic N) is 6. The molecule has 1 N–H and O–H groups in total. The van der Waals surface area contributed by atoms with E-state index in [2.05, 4.69) is 30.8 Å². The molecule has 10 heteroatoms. The zero-order valence-corrected chi connectivity index (χ0v) is 15.1. The molecule has 0 amide bonds. The van der Waals surface area contributed by atoms with Gasteiger partial charge in [0.15, 0.2) is 11.6 Å². The number of fused-ring (bicyclic) bond motifs is 3. The largest absolute Gasteiger partial charge is 0.466 e. The maximum atomic E-state index is 11.9. The molecular formula is C17H17N7O3. The van der Waals surface area contributed by atoms with Gasteiger partial charge in [-0.2, -0.15) is 0 Å². The first-order valence-electron chi connectivity index (χ1n) is 8.43. The predicted molar refractivity (Wildman–Crippen MR) is 95.7 cm³/mol. The summed E-state index contributed by atoms with van der Waals surface area (Å²) in [5.74, 6) is 0.405. The molecule has 0 spiro atoms. The first-order valence-corrected chi connectivity index (χ1v) is 8.43. The van der Waals surface area contributed by atoms with Gasteiger partial charge in [-0.05, 0) is 48.3 Å². The number of hydrogen-bond acceptors (Lipinski definition) is 9. The van der Waals surface area contributed by atoms with Gasteiger partial charge in [0.1, 0.15) is 6.42 Å². The van der Waals surface area contributed by atoms with Crippen LogP contribution in [0.3, 0.4) is 0 Å². The average Bonchev–Trinajstić information content (AvgIpc) is 3.26. The molecule has 4 rings (SSSR count). The molecule has 0 saturated heterocycles. The minimum Gasteiger partial charge on any atom is -0.466 e. The molecule has 0 saturated carbocycles. The van der Waals surface area contributed by atoms with Gasteiger partial charge >= 0.3 is 5.97 Å². The summed E-state index contributed by atoms with van der Waals surface area (Å²) in [4.78, 5) is 16.3. The van der Waals surface area contributed by atoms with Crippen LogP contribution in [0.4, 0.5) is 11.5 Å². The second-order valence-corrected chi connectivity index (χ2v) is 6.00. The number of rotatable bonds is 5. The van der Waals surface area contributed by atoms with E-state index in [4.69, 9.17) is 9.37 Å². The second kappa shape index (κ2) is 6.63. The summed E-state index contributed by atoms with van der Waals surface area (Å²) in [5, 5.41) is 19.2. The van der Waals surface area contributed by atoms with Crippen LogP contribution < -0.4 is 5.32 Å². The van der Waals surface area contributed by atoms with Crippen LogP contribution in [0.5, 0.6) is 0 Å². The zero-order chi connectivity index (χ0) is 19.0. The third kappa shape index (κ3) is 2.94. The lowest BCUT2D eigenvalue weighted by molar-refractivity contribution is -0.142. The topological polar surface area (TPSA) is 120 Å². The Hall–Kier alpha value is -3.56. The van der Waals surface area contributed by atoms with Crippen molar-refractivity contribution in [3.05, 3.63) is 35.2 Å². The lowest BCUT2D eigenvalue weighted by Crippen LogP contribution is -2.11. The Balaban J connectivity index is 1.84. The van der Waals surface area contributed by atoms with Crippen LogP contribution in [0.15, 0.2) is 22.8 Å². The van der Waals surface area contributed by atoms with Crippen LogP contribution in [-0.4, -0.2) is 42.5 Å². The number of aryl methyl sites for hydroxylation is 1. The van der Waals surface area contributed by atoms with Gasteiger partial charge in [-0.25, -0.2) is 9.61 Å². The molecule has 4 aromatic rings. The highest BCUT2D eigenvalue weighted by molar-refractivity contribution is 5.81. The summed E-state index contributed by atoms with van der Waals surface area (Å²) in [6.07, 6.45) is -0.0517. The Bertz CT molecular complexity index is 1150. The first-order chi connectivity index (χ1) is 13.1. The Kier molecular flexibility index (Phi) is 4.15. The van der Waals surface area contributed by atoms with Crippen molar-refractivity contribution in [2.24, 2.45) is 0 Å². The molecule has 0 radical (unpaired) electrons. The van der Waals surface area contributed by atoms with E-state index in [1.54, 1.807) is 11.3 Å². The Morgan fingerprint density at radius 3 is 2.89 bits per heavy atom. The van der Waals surface area contributed by atoms with Crippen molar-refractivity contribution in [3.8, 4) is 0 Å². The van der Waals surface area contributed by atoms with Crippen LogP contribution in [0.25, 0.3) is 16.9 Å². The van der Waals surface area contributed by atoms with Crippen molar-refractivity contribution in [3.63, 3.8) is 0 Å². The Morgan fingerprint density at radius 2 is 2.07 bits per heavy atom. The lowest BCUT2D eigenvalue weighted by Gasteiger charge is -2.11. The van der Waals surface area contributed by atoms with E-state index in [-0.39, 0.29) is 18.7 Å². The molecule has 10 nitrogen and oxygen atoms in total. The number of anilines is 2. The maximum absolute atomic E-state index is 11.9. The van der Waals surface area contributed by atoms with Crippen molar-refractivity contribution < 1.29 is 14.2 Å². The molecule has 0 fully saturated rings. The van der Waals surface area contributed by atoms with E-state index in [1.807, 2.05) is 32.0 Å². The third-order valence-corrected chi connectivity index (χ3v) is 4.29. The third-order valence-electron chi connectivity index (χ3n) is 4.29. The molecular weight excluding hydrogens is 350 g/mol. The van der Waals surface area contributed by atoms with Gasteiger partial charge in [0.25, 0.3) is 0 Å². The van der Waals surface area contributed by atoms with Gasteiger partial charge in [-0.3, -0.25) is 9.20 Å². The van der Waals surface area contributed by atoms with Crippen LogP contribution in [0, 0.1) is 13.8 Å². The van der Waals surface area contributed by atoms with Crippen molar-refractivity contribution >= 4 is 34.4 Å². The number of nitrogens with one attached hydrogen (secondary N) is 1. The number of ether oxygens (including phenoxy) is 1. The van der Waals surface area contributed by atoms with Gasteiger partial charge < -0.3 is 10.1 Å². The first kappa shape index (κ1) is 16.9. The Labute approximate surface area is 153 Å². The Morgan fingerprint density at radius 1 is 1.22 bits per heavy atom. The molecule has 27 heavy (non-hydrogen) atoms. The number of benzene rings is 1. The van der Waals surface area contributed by atoms with E-state index in [0.29, 0.717) is 22.9 Å². The molecule has 1 aromatic carbocycles. The SMILES string of the molecule is CCOC(=O)Cc1nnc2c(Nc3cccc(C)c3C)nc3nonc3n12. The monoisotopic (exact) mass is 367 g/mol. The molecule has 0 bridgehead atoms. The quantitative estimate of drug-likeness (QED) is 0.529. The van der Waals surface area contributed by atoms with Crippen molar-refractivity contribution in [1.82, 2.24) is 29.9 Å². The molecule has 0 aliphatic heterocycles. The summed E-state index contributed by atoms with van der Waals surface area (Å²) in [5.41, 5.74) is 4.14. The highest BCUT2D eigenvalue weighted by Crippen LogP contribution is 2.26. The van der Waals surface area contributed by atoms with E-state index < -0.39 is 5.97 Å². The van der Waals surface area contributed by atoms with E-state index >= 15 is 0 Å². The molecule has 0 unspecified atom stereocenters. The van der Waals surface area contributed by atoms with Crippen LogP contribution >= 0.6 is 0 Å². The molecule has 0 aliphatic carbocycles. The van der Waals surface area contributed by atoms with E-state index in [0.717, 1.165) is 16.8 Å². The fourth-order valence-electron chi connectivity index (χ4n) is 2.79. The summed E-state index contributed by atoms with van der Waals surface area (Å²) in [6.45, 7) is 6.08. The normalized spacial score (nSPS) is 11.2. The van der Waals surface area contributed by atoms with E-state index in [1.165, 1.54) is 0 Å². The zero-order valence-electron chi connectivity index (χ0n) is 15.1. The predicted octanol–water partition coefficient (Wildman–Crippen LogP) is 2.13. The number of hydrogen-bond donors (Lipinski definition) is 1. The average molecular weight is 367 g/mol. The van der Waals surface area contributed by atoms with Crippen LogP contribution in [0.1, 0.15) is 23.9 Å². The van der Waals surface area contributed by atoms with E-state index in [9.17, 15) is 4.79 Å². The maximum Gasteiger partial charge on any atom is 0.313 e. The van der Waals surface area contributed by atoms with Gasteiger partial charge in [-0.15, -0.1) is 10.2 Å². The number of carbonyl (C=O) groups is 1. The molecule has 0 aliphatic rings. The molecule has 3 aromatic heterocycles. The number of carbonyl (C=O) groups excluding carboxylic acids is 1.